The van der Waals surface area contributed by atoms with E-state index in [0.717, 1.165) is 32.7 Å². The van der Waals surface area contributed by atoms with E-state index in [1.54, 1.807) is 0 Å². The van der Waals surface area contributed by atoms with Gasteiger partial charge >= 0.3 is 0 Å². The second-order valence-corrected chi connectivity index (χ2v) is 7.48. The van der Waals surface area contributed by atoms with Gasteiger partial charge in [-0.15, -0.1) is 0 Å². The third-order valence-corrected chi connectivity index (χ3v) is 5.71. The highest BCUT2D eigenvalue weighted by Gasteiger charge is 2.36. The number of rotatable bonds is 3. The molecule has 0 amide bonds. The van der Waals surface area contributed by atoms with Crippen molar-refractivity contribution in [1.82, 2.24) is 9.80 Å². The summed E-state index contributed by atoms with van der Waals surface area (Å²) in [6, 6.07) is 15.0. The van der Waals surface area contributed by atoms with E-state index in [2.05, 4.69) is 52.3 Å². The lowest BCUT2D eigenvalue weighted by Gasteiger charge is -2.38. The van der Waals surface area contributed by atoms with Crippen LogP contribution in [0.15, 0.2) is 42.5 Å². The number of hydrogen-bond acceptors (Lipinski definition) is 5. The molecule has 140 valence electrons. The highest BCUT2D eigenvalue weighted by molar-refractivity contribution is 5.82. The van der Waals surface area contributed by atoms with Crippen LogP contribution in [0.1, 0.15) is 12.0 Å². The maximum Gasteiger partial charge on any atom is 0.0966 e. The normalized spacial score (nSPS) is 28.9. The first-order valence-corrected chi connectivity index (χ1v) is 9.59. The number of aliphatic hydroxyl groups is 2. The fourth-order valence-electron chi connectivity index (χ4n) is 4.19. The van der Waals surface area contributed by atoms with E-state index in [4.69, 9.17) is 4.74 Å². The standard InChI is InChI=1S/C21H28N2O3/c24-20-7-8-22(15-19(21(20)25)23-9-11-26-12-10-23)14-16-5-6-17-3-1-2-4-18(17)13-16/h1-6,13,19-21,24-25H,7-12,14-15H2/t19-,20-,21+/m1/s1. The minimum atomic E-state index is -0.699. The molecule has 0 aliphatic carbocycles. The van der Waals surface area contributed by atoms with Crippen molar-refractivity contribution in [1.29, 1.82) is 0 Å². The molecule has 4 rings (SSSR count). The maximum absolute atomic E-state index is 10.6. The van der Waals surface area contributed by atoms with Crippen LogP contribution in [-0.2, 0) is 11.3 Å². The van der Waals surface area contributed by atoms with Gasteiger partial charge in [-0.3, -0.25) is 9.80 Å². The summed E-state index contributed by atoms with van der Waals surface area (Å²) >= 11 is 0. The molecule has 2 N–H and O–H groups in total. The molecule has 2 fully saturated rings. The van der Waals surface area contributed by atoms with E-state index in [0.29, 0.717) is 19.6 Å². The minimum Gasteiger partial charge on any atom is -0.390 e. The zero-order valence-electron chi connectivity index (χ0n) is 15.1. The van der Waals surface area contributed by atoms with Gasteiger partial charge in [0.25, 0.3) is 0 Å². The van der Waals surface area contributed by atoms with Crippen molar-refractivity contribution in [2.75, 3.05) is 39.4 Å². The van der Waals surface area contributed by atoms with Crippen LogP contribution >= 0.6 is 0 Å². The summed E-state index contributed by atoms with van der Waals surface area (Å²) in [6.07, 6.45) is -0.755. The highest BCUT2D eigenvalue weighted by Crippen LogP contribution is 2.22. The van der Waals surface area contributed by atoms with E-state index < -0.39 is 12.2 Å². The molecular formula is C21H28N2O3. The summed E-state index contributed by atoms with van der Waals surface area (Å²) in [5.41, 5.74) is 1.27. The van der Waals surface area contributed by atoms with Gasteiger partial charge in [-0.1, -0.05) is 36.4 Å². The fraction of sp³-hybridized carbons (Fsp3) is 0.524. The number of fused-ring (bicyclic) bond motifs is 1. The van der Waals surface area contributed by atoms with Gasteiger partial charge in [0.2, 0.25) is 0 Å². The van der Waals surface area contributed by atoms with Gasteiger partial charge in [-0.2, -0.15) is 0 Å². The van der Waals surface area contributed by atoms with Crippen LogP contribution in [0.25, 0.3) is 10.8 Å². The van der Waals surface area contributed by atoms with E-state index in [1.165, 1.54) is 16.3 Å². The summed E-state index contributed by atoms with van der Waals surface area (Å²) in [4.78, 5) is 4.64. The third-order valence-electron chi connectivity index (χ3n) is 5.71. The molecule has 5 heteroatoms. The van der Waals surface area contributed by atoms with Gasteiger partial charge in [0, 0.05) is 32.7 Å². The monoisotopic (exact) mass is 356 g/mol. The topological polar surface area (TPSA) is 56.2 Å². The second kappa shape index (κ2) is 8.03. The molecule has 3 atom stereocenters. The fourth-order valence-corrected chi connectivity index (χ4v) is 4.19. The van der Waals surface area contributed by atoms with Gasteiger partial charge in [0.1, 0.15) is 0 Å². The molecule has 0 unspecified atom stereocenters. The van der Waals surface area contributed by atoms with Crippen LogP contribution in [0.5, 0.6) is 0 Å². The maximum atomic E-state index is 10.6. The quantitative estimate of drug-likeness (QED) is 0.872. The Labute approximate surface area is 154 Å². The van der Waals surface area contributed by atoms with Crippen LogP contribution in [-0.4, -0.2) is 77.7 Å². The molecule has 2 heterocycles. The smallest absolute Gasteiger partial charge is 0.0966 e. The Balaban J connectivity index is 1.50. The lowest BCUT2D eigenvalue weighted by Crippen LogP contribution is -2.55. The second-order valence-electron chi connectivity index (χ2n) is 7.48. The highest BCUT2D eigenvalue weighted by atomic mass is 16.5. The van der Waals surface area contributed by atoms with Crippen molar-refractivity contribution < 1.29 is 14.9 Å². The van der Waals surface area contributed by atoms with Gasteiger partial charge in [0.15, 0.2) is 0 Å². The van der Waals surface area contributed by atoms with Crippen molar-refractivity contribution in [3.05, 3.63) is 48.0 Å². The molecule has 2 saturated heterocycles. The minimum absolute atomic E-state index is 0.0446. The molecule has 2 aromatic carbocycles. The molecule has 0 spiro atoms. The number of nitrogens with zero attached hydrogens (tertiary/aromatic N) is 2. The Bertz CT molecular complexity index is 732. The molecule has 0 aromatic heterocycles. The summed E-state index contributed by atoms with van der Waals surface area (Å²) in [6.45, 7) is 5.44. The molecular weight excluding hydrogens is 328 g/mol. The molecule has 0 radical (unpaired) electrons. The molecule has 2 aliphatic heterocycles. The van der Waals surface area contributed by atoms with Crippen molar-refractivity contribution >= 4 is 10.8 Å². The SMILES string of the molecule is O[C@@H]1[C@H](O)CCN(Cc2ccc3ccccc3c2)C[C@H]1N1CCOCC1. The first-order valence-electron chi connectivity index (χ1n) is 9.59. The van der Waals surface area contributed by atoms with E-state index >= 15 is 0 Å². The van der Waals surface area contributed by atoms with Crippen molar-refractivity contribution in [3.8, 4) is 0 Å². The average molecular weight is 356 g/mol. The van der Waals surface area contributed by atoms with Gasteiger partial charge < -0.3 is 14.9 Å². The van der Waals surface area contributed by atoms with Crippen molar-refractivity contribution in [2.45, 2.75) is 31.2 Å². The molecule has 2 aliphatic rings. The summed E-state index contributed by atoms with van der Waals surface area (Å²) in [7, 11) is 0. The van der Waals surface area contributed by atoms with Gasteiger partial charge in [-0.05, 0) is 28.8 Å². The predicted molar refractivity (Wildman–Crippen MR) is 102 cm³/mol. The Morgan fingerprint density at radius 3 is 2.54 bits per heavy atom. The van der Waals surface area contributed by atoms with Crippen molar-refractivity contribution in [3.63, 3.8) is 0 Å². The average Bonchev–Trinajstić information content (AvgIpc) is 2.82. The number of likely N-dealkylation sites (tertiary alicyclic amines) is 1. The van der Waals surface area contributed by atoms with E-state index in [-0.39, 0.29) is 6.04 Å². The Kier molecular flexibility index (Phi) is 5.52. The van der Waals surface area contributed by atoms with Gasteiger partial charge in [0.05, 0.1) is 31.5 Å². The first-order chi connectivity index (χ1) is 12.7. The molecule has 0 saturated carbocycles. The van der Waals surface area contributed by atoms with Crippen LogP contribution in [0.3, 0.4) is 0 Å². The number of benzene rings is 2. The molecule has 26 heavy (non-hydrogen) atoms. The zero-order chi connectivity index (χ0) is 17.9. The summed E-state index contributed by atoms with van der Waals surface area (Å²) in [5.74, 6) is 0. The lowest BCUT2D eigenvalue weighted by atomic mass is 10.0. The lowest BCUT2D eigenvalue weighted by molar-refractivity contribution is -0.0618. The first kappa shape index (κ1) is 17.9. The third kappa shape index (κ3) is 3.92. The molecule has 5 nitrogen and oxygen atoms in total. The zero-order valence-corrected chi connectivity index (χ0v) is 15.1. The van der Waals surface area contributed by atoms with E-state index in [9.17, 15) is 10.2 Å². The van der Waals surface area contributed by atoms with Crippen LogP contribution < -0.4 is 0 Å². The molecule has 0 bridgehead atoms. The number of hydrogen-bond donors (Lipinski definition) is 2. The number of morpholine rings is 1. The Morgan fingerprint density at radius 1 is 0.962 bits per heavy atom. The predicted octanol–water partition coefficient (Wildman–Crippen LogP) is 1.47. The van der Waals surface area contributed by atoms with Crippen molar-refractivity contribution in [2.24, 2.45) is 0 Å². The molecule has 2 aromatic rings. The van der Waals surface area contributed by atoms with Crippen LogP contribution in [0.4, 0.5) is 0 Å². The Morgan fingerprint density at radius 2 is 1.73 bits per heavy atom. The van der Waals surface area contributed by atoms with E-state index in [1.807, 2.05) is 0 Å². The van der Waals surface area contributed by atoms with Crippen LogP contribution in [0.2, 0.25) is 0 Å². The summed E-state index contributed by atoms with van der Waals surface area (Å²) in [5, 5.41) is 23.5. The largest absolute Gasteiger partial charge is 0.390 e. The van der Waals surface area contributed by atoms with Gasteiger partial charge in [-0.25, -0.2) is 0 Å². The Hall–Kier alpha value is -1.50. The number of aliphatic hydroxyl groups excluding tert-OH is 2. The van der Waals surface area contributed by atoms with Crippen LogP contribution in [0, 0.1) is 0 Å². The number of ether oxygens (including phenoxy) is 1. The summed E-state index contributed by atoms with van der Waals surface area (Å²) < 4.78 is 5.45.